The molecule has 0 aliphatic heterocycles. The Kier molecular flexibility index (Phi) is 4.69. The lowest BCUT2D eigenvalue weighted by molar-refractivity contribution is 0.0946. The molecule has 3 aromatic rings. The predicted molar refractivity (Wildman–Crippen MR) is 87.5 cm³/mol. The summed E-state index contributed by atoms with van der Waals surface area (Å²) >= 11 is 0. The van der Waals surface area contributed by atoms with E-state index >= 15 is 0 Å². The summed E-state index contributed by atoms with van der Waals surface area (Å²) in [5.74, 6) is -1.12. The number of nitrogen functional groups attached to an aromatic ring is 1. The van der Waals surface area contributed by atoms with Gasteiger partial charge in [-0.1, -0.05) is 29.5 Å². The lowest BCUT2D eigenvalue weighted by Gasteiger charge is -2.05. The summed E-state index contributed by atoms with van der Waals surface area (Å²) < 4.78 is 27.4. The average Bonchev–Trinajstić information content (AvgIpc) is 2.95. The van der Waals surface area contributed by atoms with E-state index in [1.165, 1.54) is 28.9 Å². The van der Waals surface area contributed by atoms with E-state index in [1.807, 2.05) is 0 Å². The van der Waals surface area contributed by atoms with Gasteiger partial charge in [0.15, 0.2) is 11.5 Å². The lowest BCUT2D eigenvalue weighted by atomic mass is 10.2. The number of nitrogens with one attached hydrogen (secondary N) is 1. The molecule has 0 fully saturated rings. The Balaban J connectivity index is 1.67. The molecule has 0 saturated heterocycles. The van der Waals surface area contributed by atoms with Crippen molar-refractivity contribution in [1.82, 2.24) is 20.3 Å². The normalized spacial score (nSPS) is 10.6. The van der Waals surface area contributed by atoms with Gasteiger partial charge in [-0.05, 0) is 35.4 Å². The van der Waals surface area contributed by atoms with Crippen molar-refractivity contribution in [3.05, 3.63) is 77.0 Å². The smallest absolute Gasteiger partial charge is 0.275 e. The number of halogens is 2. The Hall–Kier alpha value is -3.29. The molecule has 2 aromatic carbocycles. The third-order valence-corrected chi connectivity index (χ3v) is 3.58. The largest absolute Gasteiger partial charge is 0.382 e. The molecule has 0 aliphatic carbocycles. The number of carbonyl (C=O) groups excluding carboxylic acids is 1. The van der Waals surface area contributed by atoms with Crippen molar-refractivity contribution in [3.8, 4) is 0 Å². The molecule has 0 atom stereocenters. The van der Waals surface area contributed by atoms with Crippen LogP contribution in [0.4, 0.5) is 14.6 Å². The number of anilines is 1. The molecule has 0 aliphatic rings. The molecule has 0 unspecified atom stereocenters. The lowest BCUT2D eigenvalue weighted by Crippen LogP contribution is -2.24. The van der Waals surface area contributed by atoms with Crippen LogP contribution in [0.15, 0.2) is 48.5 Å². The maximum absolute atomic E-state index is 13.2. The number of aromatic nitrogens is 3. The molecule has 0 bridgehead atoms. The zero-order valence-electron chi connectivity index (χ0n) is 13.1. The van der Waals surface area contributed by atoms with Gasteiger partial charge in [-0.3, -0.25) is 4.79 Å². The Morgan fingerprint density at radius 3 is 2.56 bits per heavy atom. The third-order valence-electron chi connectivity index (χ3n) is 3.58. The van der Waals surface area contributed by atoms with Gasteiger partial charge in [-0.25, -0.2) is 13.5 Å². The quantitative estimate of drug-likeness (QED) is 0.743. The van der Waals surface area contributed by atoms with Crippen LogP contribution in [0, 0.1) is 11.6 Å². The van der Waals surface area contributed by atoms with Crippen LogP contribution in [0.25, 0.3) is 0 Å². The van der Waals surface area contributed by atoms with Gasteiger partial charge in [-0.2, -0.15) is 0 Å². The monoisotopic (exact) mass is 343 g/mol. The SMILES string of the molecule is Nc1c(C(=O)NCc2ccc(F)cc2)nnn1Cc1cccc(F)c1. The third kappa shape index (κ3) is 3.97. The molecular weight excluding hydrogens is 328 g/mol. The van der Waals surface area contributed by atoms with E-state index in [-0.39, 0.29) is 36.2 Å². The Bertz CT molecular complexity index is 892. The van der Waals surface area contributed by atoms with E-state index in [0.29, 0.717) is 5.56 Å². The summed E-state index contributed by atoms with van der Waals surface area (Å²) in [7, 11) is 0. The number of benzene rings is 2. The molecule has 128 valence electrons. The van der Waals surface area contributed by atoms with E-state index in [9.17, 15) is 13.6 Å². The predicted octanol–water partition coefficient (Wildman–Crippen LogP) is 2.12. The first kappa shape index (κ1) is 16.6. The summed E-state index contributed by atoms with van der Waals surface area (Å²) in [4.78, 5) is 12.2. The highest BCUT2D eigenvalue weighted by molar-refractivity contribution is 5.96. The van der Waals surface area contributed by atoms with Crippen LogP contribution in [0.3, 0.4) is 0 Å². The minimum Gasteiger partial charge on any atom is -0.382 e. The van der Waals surface area contributed by atoms with E-state index in [0.717, 1.165) is 5.56 Å². The van der Waals surface area contributed by atoms with E-state index in [2.05, 4.69) is 15.6 Å². The van der Waals surface area contributed by atoms with Crippen molar-refractivity contribution in [3.63, 3.8) is 0 Å². The number of hydrogen-bond donors (Lipinski definition) is 2. The van der Waals surface area contributed by atoms with Crippen molar-refractivity contribution in [2.75, 3.05) is 5.73 Å². The summed E-state index contributed by atoms with van der Waals surface area (Å²) in [6.45, 7) is 0.400. The van der Waals surface area contributed by atoms with Gasteiger partial charge >= 0.3 is 0 Å². The van der Waals surface area contributed by atoms with Crippen LogP contribution in [-0.2, 0) is 13.1 Å². The topological polar surface area (TPSA) is 85.8 Å². The molecule has 1 aromatic heterocycles. The number of nitrogens with zero attached hydrogens (tertiary/aromatic N) is 3. The summed E-state index contributed by atoms with van der Waals surface area (Å²) in [5.41, 5.74) is 7.28. The Morgan fingerprint density at radius 2 is 1.84 bits per heavy atom. The van der Waals surface area contributed by atoms with Gasteiger partial charge in [0, 0.05) is 6.54 Å². The van der Waals surface area contributed by atoms with Crippen LogP contribution >= 0.6 is 0 Å². The fraction of sp³-hybridized carbons (Fsp3) is 0.118. The van der Waals surface area contributed by atoms with Gasteiger partial charge in [0.1, 0.15) is 11.6 Å². The number of rotatable bonds is 5. The zero-order chi connectivity index (χ0) is 17.8. The second-order valence-corrected chi connectivity index (χ2v) is 5.42. The van der Waals surface area contributed by atoms with Crippen LogP contribution < -0.4 is 11.1 Å². The second kappa shape index (κ2) is 7.08. The Labute approximate surface area is 142 Å². The van der Waals surface area contributed by atoms with Crippen LogP contribution in [0.2, 0.25) is 0 Å². The number of carbonyl (C=O) groups is 1. The highest BCUT2D eigenvalue weighted by Gasteiger charge is 2.17. The zero-order valence-corrected chi connectivity index (χ0v) is 13.1. The average molecular weight is 343 g/mol. The van der Waals surface area contributed by atoms with Crippen molar-refractivity contribution in [2.45, 2.75) is 13.1 Å². The molecule has 1 heterocycles. The minimum absolute atomic E-state index is 0.0153. The molecular formula is C17H15F2N5O. The summed E-state index contributed by atoms with van der Waals surface area (Å²) in [5, 5.41) is 10.3. The van der Waals surface area contributed by atoms with Crippen molar-refractivity contribution < 1.29 is 13.6 Å². The van der Waals surface area contributed by atoms with Gasteiger partial charge in [-0.15, -0.1) is 5.10 Å². The summed E-state index contributed by atoms with van der Waals surface area (Å²) in [6.07, 6.45) is 0. The molecule has 1 amide bonds. The van der Waals surface area contributed by atoms with E-state index < -0.39 is 5.91 Å². The van der Waals surface area contributed by atoms with Gasteiger partial charge < -0.3 is 11.1 Å². The molecule has 0 saturated carbocycles. The number of hydrogen-bond acceptors (Lipinski definition) is 4. The van der Waals surface area contributed by atoms with Crippen LogP contribution in [0.1, 0.15) is 21.6 Å². The maximum Gasteiger partial charge on any atom is 0.275 e. The van der Waals surface area contributed by atoms with Gasteiger partial charge in [0.05, 0.1) is 6.54 Å². The number of amides is 1. The molecule has 3 N–H and O–H groups in total. The van der Waals surface area contributed by atoms with E-state index in [4.69, 9.17) is 5.73 Å². The molecule has 25 heavy (non-hydrogen) atoms. The highest BCUT2D eigenvalue weighted by Crippen LogP contribution is 2.12. The highest BCUT2D eigenvalue weighted by atomic mass is 19.1. The van der Waals surface area contributed by atoms with Crippen molar-refractivity contribution in [2.24, 2.45) is 0 Å². The van der Waals surface area contributed by atoms with Crippen LogP contribution in [-0.4, -0.2) is 20.9 Å². The first-order chi connectivity index (χ1) is 12.0. The molecule has 8 heteroatoms. The van der Waals surface area contributed by atoms with Crippen molar-refractivity contribution >= 4 is 11.7 Å². The molecule has 6 nitrogen and oxygen atoms in total. The van der Waals surface area contributed by atoms with Gasteiger partial charge in [0.2, 0.25) is 0 Å². The number of nitrogens with two attached hydrogens (primary N) is 1. The summed E-state index contributed by atoms with van der Waals surface area (Å²) in [6, 6.07) is 11.8. The molecule has 0 radical (unpaired) electrons. The minimum atomic E-state index is -0.493. The fourth-order valence-electron chi connectivity index (χ4n) is 2.28. The maximum atomic E-state index is 13.2. The Morgan fingerprint density at radius 1 is 1.08 bits per heavy atom. The molecule has 0 spiro atoms. The van der Waals surface area contributed by atoms with E-state index in [1.54, 1.807) is 24.3 Å². The van der Waals surface area contributed by atoms with Gasteiger partial charge in [0.25, 0.3) is 5.91 Å². The van der Waals surface area contributed by atoms with Crippen LogP contribution in [0.5, 0.6) is 0 Å². The fourth-order valence-corrected chi connectivity index (χ4v) is 2.28. The van der Waals surface area contributed by atoms with Crippen molar-refractivity contribution in [1.29, 1.82) is 0 Å². The standard InChI is InChI=1S/C17H15F2N5O/c18-13-6-4-11(5-7-13)9-21-17(25)15-16(20)24(23-22-15)10-12-2-1-3-14(19)8-12/h1-8H,9-10,20H2,(H,21,25). The first-order valence-electron chi connectivity index (χ1n) is 7.49. The first-order valence-corrected chi connectivity index (χ1v) is 7.49. The molecule has 3 rings (SSSR count). The second-order valence-electron chi connectivity index (χ2n) is 5.42.